The molecule has 0 fully saturated rings. The number of rotatable bonds is 13. The highest BCUT2D eigenvalue weighted by Gasteiger charge is 2.18. The van der Waals surface area contributed by atoms with Gasteiger partial charge in [0.2, 0.25) is 0 Å². The Morgan fingerprint density at radius 1 is 0.283 bits per heavy atom. The molecule has 0 spiro atoms. The molecule has 0 N–H and O–H groups in total. The molecule has 0 atom stereocenters. The summed E-state index contributed by atoms with van der Waals surface area (Å²) in [6.45, 7) is 63.9. The number of aromatic nitrogens is 13. The fraction of sp³-hybridized carbons (Fsp3) is 0.462. The SMILES string of the molecule is CC(C)c1ccc2c(c1)ncn2C(C)C.CC(C)c1ccc2c(cnn2C(C)C)c1.CC(C)c1ccc2ncn(C(C)C)c2c1.CC(C)c1cccc2c1ccn2C(C)C.CC(C)c1cccc2c1cnn2C(C)C.CC(C)c1cccc2c1ncn2C(C)C.CC(C)n1ncc2ccc(C(C)(C)C)cc21. The smallest absolute Gasteiger partial charge is 0.0960 e. The predicted molar refractivity (Wildman–Crippen MR) is 456 cm³/mol. The largest absolute Gasteiger partial charge is 0.345 e. The topological polar surface area (TPSA) is 112 Å². The summed E-state index contributed by atoms with van der Waals surface area (Å²) in [7, 11) is 0. The first kappa shape index (κ1) is 82.6. The van der Waals surface area contributed by atoms with Crippen LogP contribution in [0.3, 0.4) is 0 Å². The average molecular weight is 1430 g/mol. The van der Waals surface area contributed by atoms with Gasteiger partial charge >= 0.3 is 0 Å². The molecule has 0 bridgehead atoms. The third-order valence-electron chi connectivity index (χ3n) is 19.9. The second-order valence-electron chi connectivity index (χ2n) is 33.6. The van der Waals surface area contributed by atoms with Crippen LogP contribution in [0, 0.1) is 0 Å². The first-order valence-corrected chi connectivity index (χ1v) is 39.4. The normalized spacial score (nSPS) is 12.0. The highest BCUT2D eigenvalue weighted by molar-refractivity contribution is 5.86. The van der Waals surface area contributed by atoms with Gasteiger partial charge in [-0.1, -0.05) is 171 Å². The second-order valence-corrected chi connectivity index (χ2v) is 33.6. The Morgan fingerprint density at radius 2 is 0.717 bits per heavy atom. The Hall–Kier alpha value is -9.10. The van der Waals surface area contributed by atoms with E-state index in [0.717, 1.165) is 16.6 Å². The van der Waals surface area contributed by atoms with Crippen molar-refractivity contribution in [1.82, 2.24) is 62.6 Å². The molecular formula is C93H129N13. The van der Waals surface area contributed by atoms with Crippen molar-refractivity contribution in [1.29, 1.82) is 0 Å². The van der Waals surface area contributed by atoms with Crippen molar-refractivity contribution in [2.45, 2.75) is 284 Å². The summed E-state index contributed by atoms with van der Waals surface area (Å²) in [4.78, 5) is 13.4. The molecule has 7 aromatic heterocycles. The molecule has 0 aliphatic carbocycles. The Balaban J connectivity index is 0.000000156. The van der Waals surface area contributed by atoms with Gasteiger partial charge in [0.25, 0.3) is 0 Å². The number of nitrogens with zero attached hydrogens (tertiary/aromatic N) is 13. The number of para-hydroxylation sites is 1. The molecule has 14 rings (SSSR count). The summed E-state index contributed by atoms with van der Waals surface area (Å²) in [6, 6.07) is 51.3. The zero-order valence-corrected chi connectivity index (χ0v) is 70.1. The van der Waals surface area contributed by atoms with E-state index in [2.05, 4.69) is 403 Å². The summed E-state index contributed by atoms with van der Waals surface area (Å²) in [5.41, 5.74) is 22.0. The molecular weight excluding hydrogens is 1300 g/mol. The zero-order chi connectivity index (χ0) is 77.9. The minimum atomic E-state index is 0.195. The molecule has 13 heteroatoms. The van der Waals surface area contributed by atoms with Gasteiger partial charge in [-0.3, -0.25) is 14.0 Å². The lowest BCUT2D eigenvalue weighted by molar-refractivity contribution is 0.548. The second kappa shape index (κ2) is 36.0. The average Bonchev–Trinajstić information content (AvgIpc) is 1.65. The van der Waals surface area contributed by atoms with Gasteiger partial charge in [0.05, 0.1) is 87.2 Å². The Morgan fingerprint density at radius 3 is 1.25 bits per heavy atom. The Bertz CT molecular complexity index is 4760. The van der Waals surface area contributed by atoms with E-state index < -0.39 is 0 Å². The number of benzene rings is 7. The van der Waals surface area contributed by atoms with E-state index in [0.29, 0.717) is 77.8 Å². The van der Waals surface area contributed by atoms with Crippen LogP contribution in [-0.4, -0.2) is 62.6 Å². The van der Waals surface area contributed by atoms with Crippen LogP contribution in [0.2, 0.25) is 0 Å². The maximum Gasteiger partial charge on any atom is 0.0960 e. The van der Waals surface area contributed by atoms with E-state index in [-0.39, 0.29) is 5.41 Å². The number of fused-ring (bicyclic) bond motifs is 7. The number of hydrogen-bond donors (Lipinski definition) is 0. The van der Waals surface area contributed by atoms with Gasteiger partial charge in [-0.2, -0.15) is 15.3 Å². The van der Waals surface area contributed by atoms with Crippen molar-refractivity contribution in [3.63, 3.8) is 0 Å². The van der Waals surface area contributed by atoms with E-state index in [1.54, 1.807) is 0 Å². The van der Waals surface area contributed by atoms with E-state index in [1.807, 2.05) is 37.6 Å². The summed E-state index contributed by atoms with van der Waals surface area (Å²) < 4.78 is 15.2. The van der Waals surface area contributed by atoms with Crippen LogP contribution in [0.1, 0.15) is 318 Å². The van der Waals surface area contributed by atoms with Gasteiger partial charge in [0.15, 0.2) is 0 Å². The molecule has 13 nitrogen and oxygen atoms in total. The van der Waals surface area contributed by atoms with Crippen LogP contribution < -0.4 is 0 Å². The zero-order valence-electron chi connectivity index (χ0n) is 70.1. The molecule has 7 heterocycles. The Labute approximate surface area is 635 Å². The summed E-state index contributed by atoms with van der Waals surface area (Å²) in [6.07, 6.45) is 13.9. The molecule has 0 saturated heterocycles. The molecule has 7 aromatic carbocycles. The van der Waals surface area contributed by atoms with Crippen LogP contribution in [0.15, 0.2) is 177 Å². The fourth-order valence-corrected chi connectivity index (χ4v) is 13.5. The molecule has 0 unspecified atom stereocenters. The van der Waals surface area contributed by atoms with Gasteiger partial charge in [-0.05, 0) is 244 Å². The fourth-order valence-electron chi connectivity index (χ4n) is 13.5. The third-order valence-corrected chi connectivity index (χ3v) is 19.9. The highest BCUT2D eigenvalue weighted by Crippen LogP contribution is 2.33. The van der Waals surface area contributed by atoms with Gasteiger partial charge in [-0.15, -0.1) is 0 Å². The van der Waals surface area contributed by atoms with Crippen molar-refractivity contribution in [3.8, 4) is 0 Å². The molecule has 0 saturated carbocycles. The molecule has 0 aliphatic heterocycles. The lowest BCUT2D eigenvalue weighted by atomic mass is 9.87. The monoisotopic (exact) mass is 1430 g/mol. The van der Waals surface area contributed by atoms with Crippen LogP contribution in [0.4, 0.5) is 0 Å². The number of imidazole rings is 3. The quantitative estimate of drug-likeness (QED) is 0.114. The summed E-state index contributed by atoms with van der Waals surface area (Å²) in [5, 5.41) is 18.5. The van der Waals surface area contributed by atoms with E-state index in [9.17, 15) is 0 Å². The molecule has 566 valence electrons. The van der Waals surface area contributed by atoms with Crippen LogP contribution in [-0.2, 0) is 5.41 Å². The highest BCUT2D eigenvalue weighted by atomic mass is 15.3. The first-order valence-electron chi connectivity index (χ1n) is 39.4. The summed E-state index contributed by atoms with van der Waals surface area (Å²) >= 11 is 0. The lowest BCUT2D eigenvalue weighted by Crippen LogP contribution is -2.11. The van der Waals surface area contributed by atoms with Gasteiger partial charge in [0, 0.05) is 75.6 Å². The minimum Gasteiger partial charge on any atom is -0.345 e. The van der Waals surface area contributed by atoms with Crippen LogP contribution in [0.25, 0.3) is 76.7 Å². The van der Waals surface area contributed by atoms with Crippen molar-refractivity contribution in [2.75, 3.05) is 0 Å². The van der Waals surface area contributed by atoms with E-state index in [4.69, 9.17) is 0 Å². The van der Waals surface area contributed by atoms with Crippen molar-refractivity contribution in [2.24, 2.45) is 0 Å². The molecule has 0 radical (unpaired) electrons. The van der Waals surface area contributed by atoms with Gasteiger partial charge in [0.1, 0.15) is 0 Å². The maximum atomic E-state index is 4.52. The van der Waals surface area contributed by atoms with E-state index >= 15 is 0 Å². The molecule has 14 aromatic rings. The van der Waals surface area contributed by atoms with Crippen LogP contribution >= 0.6 is 0 Å². The van der Waals surface area contributed by atoms with Gasteiger partial charge in [-0.25, -0.2) is 15.0 Å². The first-order chi connectivity index (χ1) is 50.0. The van der Waals surface area contributed by atoms with E-state index in [1.165, 1.54) is 99.1 Å². The molecule has 106 heavy (non-hydrogen) atoms. The minimum absolute atomic E-state index is 0.195. The van der Waals surface area contributed by atoms with Gasteiger partial charge < -0.3 is 18.3 Å². The van der Waals surface area contributed by atoms with Crippen molar-refractivity contribution < 1.29 is 0 Å². The molecule has 0 amide bonds. The third kappa shape index (κ3) is 19.7. The van der Waals surface area contributed by atoms with Crippen molar-refractivity contribution in [3.05, 3.63) is 216 Å². The standard InChI is InChI=1S/C14H20N2.C14H19N.5C13H18N2/c1-10(2)16-13-8-12(14(3,4)5)7-6-11(13)9-15-16;1-10(2)12-6-5-7-14-13(12)8-9-15(14)11(3)4;1-9(2)11-5-6-13-12(7-11)14-8-15(13)10(3)4;1-9(2)11-5-6-13-12(7-11)8-14-15(13)10(3)4;1-9(2)11-5-6-12-13(7-11)15(8-14-12)10(3)4;1-9(2)11-6-5-7-13-12(11)8-14-15(13)10(3)4;1-9(2)11-6-5-7-12-13(11)14-8-15(12)10(3)4/h6-10H,1-5H3;5-11H,1-4H3;5*5-10H,1-4H3. The number of hydrogen-bond acceptors (Lipinski definition) is 6. The predicted octanol–water partition coefficient (Wildman–Crippen LogP) is 27.0. The summed E-state index contributed by atoms with van der Waals surface area (Å²) in [5.74, 6) is 3.40. The van der Waals surface area contributed by atoms with Crippen LogP contribution in [0.5, 0.6) is 0 Å². The van der Waals surface area contributed by atoms with Crippen molar-refractivity contribution >= 4 is 76.7 Å². The lowest BCUT2D eigenvalue weighted by Gasteiger charge is -2.19. The molecule has 0 aliphatic rings. The maximum absolute atomic E-state index is 4.52. The Kier molecular flexibility index (Phi) is 28.0.